The van der Waals surface area contributed by atoms with Gasteiger partial charge >= 0.3 is 0 Å². The molecule has 3 heterocycles. The Bertz CT molecular complexity index is 1070. The maximum absolute atomic E-state index is 12.7. The standard InChI is InChI=1S/C23H26N4O3/c1-3-29-20-6-5-16(13-21(20)30-4-2)14-27-12-9-19-18(15-27)23(28)26-22(25-19)17-7-10-24-11-8-17/h5-8,10-11,13H,3-4,9,12,14-15H2,1-2H3,(H,25,26,28). The van der Waals surface area contributed by atoms with Crippen molar-refractivity contribution in [1.29, 1.82) is 0 Å². The van der Waals surface area contributed by atoms with Crippen LogP contribution in [0.2, 0.25) is 0 Å². The van der Waals surface area contributed by atoms with Crippen molar-refractivity contribution in [2.45, 2.75) is 33.4 Å². The molecular weight excluding hydrogens is 380 g/mol. The Labute approximate surface area is 175 Å². The van der Waals surface area contributed by atoms with Crippen molar-refractivity contribution in [2.75, 3.05) is 19.8 Å². The van der Waals surface area contributed by atoms with E-state index in [0.717, 1.165) is 53.4 Å². The topological polar surface area (TPSA) is 80.3 Å². The summed E-state index contributed by atoms with van der Waals surface area (Å²) in [7, 11) is 0. The average molecular weight is 406 g/mol. The minimum atomic E-state index is -0.0711. The second-order valence-corrected chi connectivity index (χ2v) is 7.18. The number of hydrogen-bond donors (Lipinski definition) is 1. The molecular formula is C23H26N4O3. The molecule has 1 aliphatic rings. The van der Waals surface area contributed by atoms with Gasteiger partial charge in [-0.15, -0.1) is 0 Å². The second-order valence-electron chi connectivity index (χ2n) is 7.18. The van der Waals surface area contributed by atoms with E-state index in [1.54, 1.807) is 12.4 Å². The molecule has 1 aliphatic heterocycles. The Morgan fingerprint density at radius 1 is 1.07 bits per heavy atom. The van der Waals surface area contributed by atoms with E-state index in [-0.39, 0.29) is 5.56 Å². The Hall–Kier alpha value is -3.19. The van der Waals surface area contributed by atoms with E-state index in [1.165, 1.54) is 0 Å². The fourth-order valence-corrected chi connectivity index (χ4v) is 3.71. The zero-order valence-corrected chi connectivity index (χ0v) is 17.4. The molecule has 3 aromatic rings. The van der Waals surface area contributed by atoms with Crippen LogP contribution in [0.4, 0.5) is 0 Å². The third kappa shape index (κ3) is 4.36. The van der Waals surface area contributed by atoms with Crippen LogP contribution in [-0.2, 0) is 19.5 Å². The summed E-state index contributed by atoms with van der Waals surface area (Å²) in [5, 5.41) is 0. The lowest BCUT2D eigenvalue weighted by Gasteiger charge is -2.28. The van der Waals surface area contributed by atoms with E-state index >= 15 is 0 Å². The highest BCUT2D eigenvalue weighted by Crippen LogP contribution is 2.29. The molecule has 0 amide bonds. The molecule has 0 spiro atoms. The highest BCUT2D eigenvalue weighted by atomic mass is 16.5. The van der Waals surface area contributed by atoms with Gasteiger partial charge < -0.3 is 14.5 Å². The predicted molar refractivity (Wildman–Crippen MR) is 115 cm³/mol. The van der Waals surface area contributed by atoms with E-state index in [1.807, 2.05) is 38.1 Å². The zero-order valence-electron chi connectivity index (χ0n) is 17.4. The molecule has 2 aromatic heterocycles. The molecule has 0 unspecified atom stereocenters. The van der Waals surface area contributed by atoms with Crippen molar-refractivity contribution in [3.05, 3.63) is 69.9 Å². The van der Waals surface area contributed by atoms with Crippen LogP contribution in [0.1, 0.15) is 30.7 Å². The first-order valence-electron chi connectivity index (χ1n) is 10.3. The molecule has 1 N–H and O–H groups in total. The van der Waals surface area contributed by atoms with Gasteiger partial charge in [-0.1, -0.05) is 6.07 Å². The molecule has 0 bridgehead atoms. The van der Waals surface area contributed by atoms with Gasteiger partial charge in [0, 0.05) is 44.0 Å². The molecule has 156 valence electrons. The van der Waals surface area contributed by atoms with Gasteiger partial charge in [0.05, 0.1) is 24.5 Å². The normalized spacial score (nSPS) is 13.7. The fraction of sp³-hybridized carbons (Fsp3) is 0.348. The lowest BCUT2D eigenvalue weighted by Crippen LogP contribution is -2.35. The minimum absolute atomic E-state index is 0.0711. The highest BCUT2D eigenvalue weighted by Gasteiger charge is 2.22. The molecule has 7 heteroatoms. The summed E-state index contributed by atoms with van der Waals surface area (Å²) in [6.45, 7) is 7.25. The van der Waals surface area contributed by atoms with Gasteiger partial charge in [0.25, 0.3) is 5.56 Å². The van der Waals surface area contributed by atoms with Crippen LogP contribution in [0.25, 0.3) is 11.4 Å². The Morgan fingerprint density at radius 3 is 2.60 bits per heavy atom. The van der Waals surface area contributed by atoms with E-state index in [4.69, 9.17) is 14.5 Å². The van der Waals surface area contributed by atoms with Crippen molar-refractivity contribution in [1.82, 2.24) is 19.9 Å². The summed E-state index contributed by atoms with van der Waals surface area (Å²) < 4.78 is 11.4. The van der Waals surface area contributed by atoms with Crippen molar-refractivity contribution in [3.8, 4) is 22.9 Å². The maximum Gasteiger partial charge on any atom is 0.255 e. The predicted octanol–water partition coefficient (Wildman–Crippen LogP) is 3.19. The number of ether oxygens (including phenoxy) is 2. The molecule has 4 rings (SSSR count). The summed E-state index contributed by atoms with van der Waals surface area (Å²) in [6.07, 6.45) is 4.14. The van der Waals surface area contributed by atoms with Gasteiger partial charge in [-0.3, -0.25) is 14.7 Å². The fourth-order valence-electron chi connectivity index (χ4n) is 3.71. The van der Waals surface area contributed by atoms with Crippen LogP contribution in [0.5, 0.6) is 11.5 Å². The number of pyridine rings is 1. The van der Waals surface area contributed by atoms with Gasteiger partial charge in [0.2, 0.25) is 0 Å². The summed E-state index contributed by atoms with van der Waals surface area (Å²) in [6, 6.07) is 9.73. The van der Waals surface area contributed by atoms with Gasteiger partial charge in [-0.05, 0) is 43.7 Å². The van der Waals surface area contributed by atoms with E-state index in [0.29, 0.717) is 25.6 Å². The number of H-pyrrole nitrogens is 1. The molecule has 7 nitrogen and oxygen atoms in total. The molecule has 0 saturated carbocycles. The first-order chi connectivity index (χ1) is 14.7. The Morgan fingerprint density at radius 2 is 1.83 bits per heavy atom. The third-order valence-electron chi connectivity index (χ3n) is 5.12. The molecule has 0 radical (unpaired) electrons. The zero-order chi connectivity index (χ0) is 20.9. The number of fused-ring (bicyclic) bond motifs is 1. The van der Waals surface area contributed by atoms with E-state index in [2.05, 4.69) is 20.9 Å². The summed E-state index contributed by atoms with van der Waals surface area (Å²) in [5.74, 6) is 2.12. The third-order valence-corrected chi connectivity index (χ3v) is 5.12. The maximum atomic E-state index is 12.7. The molecule has 0 fully saturated rings. The van der Waals surface area contributed by atoms with Crippen LogP contribution < -0.4 is 15.0 Å². The van der Waals surface area contributed by atoms with Crippen molar-refractivity contribution in [2.24, 2.45) is 0 Å². The number of rotatable bonds is 7. The number of benzene rings is 1. The van der Waals surface area contributed by atoms with E-state index < -0.39 is 0 Å². The van der Waals surface area contributed by atoms with Crippen molar-refractivity contribution < 1.29 is 9.47 Å². The van der Waals surface area contributed by atoms with Gasteiger partial charge in [0.1, 0.15) is 5.82 Å². The van der Waals surface area contributed by atoms with Crippen LogP contribution in [0.3, 0.4) is 0 Å². The number of hydrogen-bond acceptors (Lipinski definition) is 6. The first-order valence-corrected chi connectivity index (χ1v) is 10.3. The van der Waals surface area contributed by atoms with Crippen molar-refractivity contribution >= 4 is 0 Å². The van der Waals surface area contributed by atoms with Crippen molar-refractivity contribution in [3.63, 3.8) is 0 Å². The number of aromatic nitrogens is 3. The number of aromatic amines is 1. The molecule has 0 atom stereocenters. The molecule has 0 aliphatic carbocycles. The van der Waals surface area contributed by atoms with Crippen LogP contribution in [-0.4, -0.2) is 39.6 Å². The monoisotopic (exact) mass is 406 g/mol. The summed E-state index contributed by atoms with van der Waals surface area (Å²) in [4.78, 5) is 26.7. The lowest BCUT2D eigenvalue weighted by molar-refractivity contribution is 0.240. The van der Waals surface area contributed by atoms with Gasteiger partial charge in [0.15, 0.2) is 11.5 Å². The Kier molecular flexibility index (Phi) is 6.09. The Balaban J connectivity index is 1.52. The van der Waals surface area contributed by atoms with Gasteiger partial charge in [-0.2, -0.15) is 0 Å². The average Bonchev–Trinajstić information content (AvgIpc) is 2.77. The van der Waals surface area contributed by atoms with E-state index in [9.17, 15) is 4.79 Å². The highest BCUT2D eigenvalue weighted by molar-refractivity contribution is 5.54. The number of nitrogens with one attached hydrogen (secondary N) is 1. The first kappa shape index (κ1) is 20.1. The minimum Gasteiger partial charge on any atom is -0.490 e. The SMILES string of the molecule is CCOc1ccc(CN2CCc3nc(-c4ccncc4)[nH]c(=O)c3C2)cc1OCC. The molecule has 1 aromatic carbocycles. The number of nitrogens with zero attached hydrogens (tertiary/aromatic N) is 3. The van der Waals surface area contributed by atoms with Crippen LogP contribution >= 0.6 is 0 Å². The van der Waals surface area contributed by atoms with Crippen LogP contribution in [0, 0.1) is 0 Å². The van der Waals surface area contributed by atoms with Gasteiger partial charge in [-0.25, -0.2) is 4.98 Å². The largest absolute Gasteiger partial charge is 0.490 e. The second kappa shape index (κ2) is 9.09. The quantitative estimate of drug-likeness (QED) is 0.649. The molecule has 0 saturated heterocycles. The van der Waals surface area contributed by atoms with Crippen LogP contribution in [0.15, 0.2) is 47.5 Å². The summed E-state index contributed by atoms with van der Waals surface area (Å²) >= 11 is 0. The molecule has 30 heavy (non-hydrogen) atoms. The summed E-state index contributed by atoms with van der Waals surface area (Å²) in [5.41, 5.74) is 3.55. The smallest absolute Gasteiger partial charge is 0.255 e. The lowest BCUT2D eigenvalue weighted by atomic mass is 10.1.